The molecule has 1 heterocycles. The first-order valence-corrected chi connectivity index (χ1v) is 6.38. The van der Waals surface area contributed by atoms with E-state index >= 15 is 0 Å². The molecular weight excluding hydrogens is 214 g/mol. The number of nitrogens with zero attached hydrogens (tertiary/aromatic N) is 2. The van der Waals surface area contributed by atoms with Crippen molar-refractivity contribution in [3.05, 3.63) is 22.2 Å². The van der Waals surface area contributed by atoms with Gasteiger partial charge in [0.2, 0.25) is 0 Å². The highest BCUT2D eigenvalue weighted by molar-refractivity contribution is 5.36. The molecule has 0 saturated heterocycles. The zero-order valence-corrected chi connectivity index (χ0v) is 10.9. The number of aromatic amines is 1. The number of hydrogen-bond donors (Lipinski definition) is 1. The number of anilines is 1. The zero-order valence-electron chi connectivity index (χ0n) is 10.9. The third-order valence-corrected chi connectivity index (χ3v) is 3.44. The van der Waals surface area contributed by atoms with Crippen LogP contribution in [0.3, 0.4) is 0 Å². The van der Waals surface area contributed by atoms with Crippen molar-refractivity contribution >= 4 is 5.82 Å². The predicted octanol–water partition coefficient (Wildman–Crippen LogP) is 2.13. The van der Waals surface area contributed by atoms with Crippen LogP contribution in [0.1, 0.15) is 44.9 Å². The van der Waals surface area contributed by atoms with Gasteiger partial charge >= 0.3 is 0 Å². The monoisotopic (exact) mass is 235 g/mol. The van der Waals surface area contributed by atoms with E-state index in [4.69, 9.17) is 0 Å². The van der Waals surface area contributed by atoms with Crippen LogP contribution in [-0.2, 0) is 0 Å². The van der Waals surface area contributed by atoms with E-state index in [-0.39, 0.29) is 11.5 Å². The molecule has 0 aromatic carbocycles. The average Bonchev–Trinajstić information content (AvgIpc) is 2.22. The summed E-state index contributed by atoms with van der Waals surface area (Å²) in [6.45, 7) is 5.08. The summed E-state index contributed by atoms with van der Waals surface area (Å²) >= 11 is 0. The molecule has 0 aliphatic heterocycles. The van der Waals surface area contributed by atoms with Gasteiger partial charge in [-0.05, 0) is 18.8 Å². The minimum atomic E-state index is -0.0563. The molecule has 0 unspecified atom stereocenters. The van der Waals surface area contributed by atoms with Crippen LogP contribution in [0.5, 0.6) is 0 Å². The molecular formula is C13H21N3O. The molecule has 4 heteroatoms. The molecule has 0 spiro atoms. The van der Waals surface area contributed by atoms with Crippen LogP contribution in [-0.4, -0.2) is 23.6 Å². The van der Waals surface area contributed by atoms with E-state index in [1.165, 1.54) is 19.3 Å². The minimum Gasteiger partial charge on any atom is -0.359 e. The lowest BCUT2D eigenvalue weighted by atomic mass is 9.85. The second-order valence-electron chi connectivity index (χ2n) is 5.32. The van der Waals surface area contributed by atoms with E-state index in [9.17, 15) is 4.79 Å². The Balaban J connectivity index is 2.15. The first-order valence-electron chi connectivity index (χ1n) is 6.38. The maximum atomic E-state index is 11.6. The van der Waals surface area contributed by atoms with Crippen molar-refractivity contribution in [3.63, 3.8) is 0 Å². The van der Waals surface area contributed by atoms with Crippen molar-refractivity contribution in [1.29, 1.82) is 0 Å². The van der Waals surface area contributed by atoms with Crippen LogP contribution in [0.2, 0.25) is 0 Å². The Kier molecular flexibility index (Phi) is 3.50. The Labute approximate surface area is 102 Å². The normalized spacial score (nSPS) is 16.0. The lowest BCUT2D eigenvalue weighted by molar-refractivity contribution is 0.321. The topological polar surface area (TPSA) is 49.0 Å². The molecule has 0 atom stereocenters. The highest BCUT2D eigenvalue weighted by Gasteiger charge is 2.20. The number of hydrogen-bond acceptors (Lipinski definition) is 3. The number of nitrogens with one attached hydrogen (secondary N) is 1. The molecule has 0 radical (unpaired) electrons. The van der Waals surface area contributed by atoms with Crippen LogP contribution in [0, 0.1) is 5.92 Å². The quantitative estimate of drug-likeness (QED) is 0.869. The summed E-state index contributed by atoms with van der Waals surface area (Å²) in [7, 11) is 2.02. The smallest absolute Gasteiger partial charge is 0.252 e. The summed E-state index contributed by atoms with van der Waals surface area (Å²) in [6.07, 6.45) is 3.97. The van der Waals surface area contributed by atoms with Gasteiger partial charge in [-0.15, -0.1) is 0 Å². The molecule has 4 nitrogen and oxygen atoms in total. The van der Waals surface area contributed by atoms with Gasteiger partial charge in [-0.1, -0.05) is 20.3 Å². The van der Waals surface area contributed by atoms with Crippen molar-refractivity contribution in [2.24, 2.45) is 5.92 Å². The Morgan fingerprint density at radius 1 is 1.53 bits per heavy atom. The van der Waals surface area contributed by atoms with Gasteiger partial charge in [0.25, 0.3) is 5.56 Å². The fourth-order valence-corrected chi connectivity index (χ4v) is 2.09. The van der Waals surface area contributed by atoms with E-state index in [1.54, 1.807) is 6.07 Å². The number of rotatable bonds is 4. The molecule has 1 fully saturated rings. The van der Waals surface area contributed by atoms with E-state index in [2.05, 4.69) is 14.9 Å². The van der Waals surface area contributed by atoms with Crippen LogP contribution in [0.15, 0.2) is 10.9 Å². The maximum Gasteiger partial charge on any atom is 0.252 e. The van der Waals surface area contributed by atoms with Gasteiger partial charge in [0.1, 0.15) is 11.6 Å². The molecule has 1 aliphatic carbocycles. The van der Waals surface area contributed by atoms with Gasteiger partial charge in [0.15, 0.2) is 0 Å². The van der Waals surface area contributed by atoms with Gasteiger partial charge in [-0.3, -0.25) is 4.79 Å². The predicted molar refractivity (Wildman–Crippen MR) is 69.6 cm³/mol. The highest BCUT2D eigenvalue weighted by Crippen LogP contribution is 2.27. The van der Waals surface area contributed by atoms with E-state index in [1.807, 2.05) is 20.9 Å². The fraction of sp³-hybridized carbons (Fsp3) is 0.692. The second kappa shape index (κ2) is 4.90. The third-order valence-electron chi connectivity index (χ3n) is 3.44. The van der Waals surface area contributed by atoms with Crippen LogP contribution in [0.4, 0.5) is 5.82 Å². The summed E-state index contributed by atoms with van der Waals surface area (Å²) < 4.78 is 0. The first kappa shape index (κ1) is 12.1. The van der Waals surface area contributed by atoms with Gasteiger partial charge in [0, 0.05) is 25.6 Å². The Morgan fingerprint density at radius 2 is 2.24 bits per heavy atom. The molecule has 0 bridgehead atoms. The standard InChI is InChI=1S/C13H21N3O/c1-9(2)13-14-11(7-12(17)15-13)16(3)8-10-5-4-6-10/h7,9-10H,4-6,8H2,1-3H3,(H,14,15,17). The molecule has 1 saturated carbocycles. The first-order chi connectivity index (χ1) is 8.06. The Bertz CT molecular complexity index is 435. The second-order valence-corrected chi connectivity index (χ2v) is 5.32. The Morgan fingerprint density at radius 3 is 2.76 bits per heavy atom. The molecule has 17 heavy (non-hydrogen) atoms. The number of aromatic nitrogens is 2. The lowest BCUT2D eigenvalue weighted by Crippen LogP contribution is -2.31. The summed E-state index contributed by atoms with van der Waals surface area (Å²) in [6, 6.07) is 1.59. The molecule has 1 aliphatic rings. The lowest BCUT2D eigenvalue weighted by Gasteiger charge is -2.30. The maximum absolute atomic E-state index is 11.6. The van der Waals surface area contributed by atoms with Gasteiger partial charge < -0.3 is 9.88 Å². The van der Waals surface area contributed by atoms with Crippen molar-refractivity contribution in [2.45, 2.75) is 39.0 Å². The molecule has 1 N–H and O–H groups in total. The fourth-order valence-electron chi connectivity index (χ4n) is 2.09. The van der Waals surface area contributed by atoms with Crippen molar-refractivity contribution in [3.8, 4) is 0 Å². The van der Waals surface area contributed by atoms with Crippen LogP contribution < -0.4 is 10.5 Å². The molecule has 2 rings (SSSR count). The zero-order chi connectivity index (χ0) is 12.4. The van der Waals surface area contributed by atoms with E-state index < -0.39 is 0 Å². The van der Waals surface area contributed by atoms with Crippen molar-refractivity contribution in [2.75, 3.05) is 18.5 Å². The summed E-state index contributed by atoms with van der Waals surface area (Å²) in [5.41, 5.74) is -0.0563. The van der Waals surface area contributed by atoms with E-state index in [0.717, 1.165) is 24.1 Å². The summed E-state index contributed by atoms with van der Waals surface area (Å²) in [5, 5.41) is 0. The minimum absolute atomic E-state index is 0.0563. The molecule has 1 aromatic heterocycles. The van der Waals surface area contributed by atoms with Gasteiger partial charge in [-0.2, -0.15) is 0 Å². The van der Waals surface area contributed by atoms with E-state index in [0.29, 0.717) is 0 Å². The Hall–Kier alpha value is -1.32. The molecule has 94 valence electrons. The van der Waals surface area contributed by atoms with Crippen LogP contribution in [0.25, 0.3) is 0 Å². The van der Waals surface area contributed by atoms with Crippen molar-refractivity contribution < 1.29 is 0 Å². The SMILES string of the molecule is CC(C)c1nc(N(C)CC2CCC2)cc(=O)[nH]1. The van der Waals surface area contributed by atoms with Gasteiger partial charge in [-0.25, -0.2) is 4.98 Å². The molecule has 0 amide bonds. The highest BCUT2D eigenvalue weighted by atomic mass is 16.1. The average molecular weight is 235 g/mol. The summed E-state index contributed by atoms with van der Waals surface area (Å²) in [4.78, 5) is 21.0. The van der Waals surface area contributed by atoms with Crippen LogP contribution >= 0.6 is 0 Å². The number of H-pyrrole nitrogens is 1. The third kappa shape index (κ3) is 2.87. The molecule has 1 aromatic rings. The summed E-state index contributed by atoms with van der Waals surface area (Å²) in [5.74, 6) is 2.60. The van der Waals surface area contributed by atoms with Crippen molar-refractivity contribution in [1.82, 2.24) is 9.97 Å². The largest absolute Gasteiger partial charge is 0.359 e. The van der Waals surface area contributed by atoms with Gasteiger partial charge in [0.05, 0.1) is 0 Å².